The van der Waals surface area contributed by atoms with Crippen molar-refractivity contribution < 1.29 is 19.8 Å². The van der Waals surface area contributed by atoms with Crippen LogP contribution in [0.1, 0.15) is 11.4 Å². The van der Waals surface area contributed by atoms with Gasteiger partial charge in [-0.2, -0.15) is 12.6 Å². The second-order valence-electron chi connectivity index (χ2n) is 3.72. The topological polar surface area (TPSA) is 87.5 Å². The van der Waals surface area contributed by atoms with Crippen LogP contribution in [0.25, 0.3) is 10.2 Å². The minimum Gasteiger partial charge on any atom is -0.481 e. The molecule has 0 saturated carbocycles. The second-order valence-corrected chi connectivity index (χ2v) is 5.52. The molecule has 7 heteroatoms. The Bertz CT molecular complexity index is 591. The van der Waals surface area contributed by atoms with E-state index in [1.54, 1.807) is 18.2 Å². The Morgan fingerprint density at radius 1 is 1.33 bits per heavy atom. The van der Waals surface area contributed by atoms with Crippen molar-refractivity contribution in [2.24, 2.45) is 0 Å². The number of aliphatic carboxylic acids is 2. The van der Waals surface area contributed by atoms with Crippen molar-refractivity contribution in [2.75, 3.05) is 0 Å². The van der Waals surface area contributed by atoms with E-state index in [9.17, 15) is 14.7 Å². The van der Waals surface area contributed by atoms with Crippen LogP contribution in [-0.2, 0) is 14.3 Å². The number of carboxylic acid groups (broad SMARTS) is 2. The number of thiol groups is 1. The molecular weight excluding hydrogens is 274 g/mol. The first-order chi connectivity index (χ1) is 8.43. The van der Waals surface area contributed by atoms with Crippen LogP contribution in [-0.4, -0.2) is 27.1 Å². The molecule has 1 unspecified atom stereocenters. The second kappa shape index (κ2) is 4.58. The molecule has 2 aromatic rings. The van der Waals surface area contributed by atoms with Crippen molar-refractivity contribution >= 4 is 46.1 Å². The van der Waals surface area contributed by atoms with Gasteiger partial charge in [0.25, 0.3) is 0 Å². The molecule has 0 saturated heterocycles. The molecule has 0 fully saturated rings. The quantitative estimate of drug-likeness (QED) is 0.747. The molecule has 0 spiro atoms. The van der Waals surface area contributed by atoms with E-state index in [-0.39, 0.29) is 5.01 Å². The maximum absolute atomic E-state index is 11.3. The molecule has 18 heavy (non-hydrogen) atoms. The number of nitrogens with zero attached hydrogens (tertiary/aromatic N) is 1. The fourth-order valence-electron chi connectivity index (χ4n) is 1.51. The highest BCUT2D eigenvalue weighted by Crippen LogP contribution is 2.37. The number of fused-ring (bicyclic) bond motifs is 1. The lowest BCUT2D eigenvalue weighted by Gasteiger charge is -2.18. The number of benzene rings is 1. The summed E-state index contributed by atoms with van der Waals surface area (Å²) in [5, 5.41) is 18.2. The summed E-state index contributed by atoms with van der Waals surface area (Å²) in [4.78, 5) is 26.2. The van der Waals surface area contributed by atoms with E-state index >= 15 is 0 Å². The van der Waals surface area contributed by atoms with Gasteiger partial charge in [-0.3, -0.25) is 9.59 Å². The lowest BCUT2D eigenvalue weighted by molar-refractivity contribution is -0.146. The Labute approximate surface area is 111 Å². The number of rotatable bonds is 4. The molecule has 2 rings (SSSR count). The van der Waals surface area contributed by atoms with E-state index in [0.717, 1.165) is 16.0 Å². The number of thiazole rings is 1. The summed E-state index contributed by atoms with van der Waals surface area (Å²) in [7, 11) is 0. The van der Waals surface area contributed by atoms with Gasteiger partial charge in [0, 0.05) is 0 Å². The van der Waals surface area contributed by atoms with E-state index in [1.165, 1.54) is 0 Å². The summed E-state index contributed by atoms with van der Waals surface area (Å²) in [6.45, 7) is 0. The standard InChI is InChI=1S/C11H9NO4S2/c13-8(14)5-11(17,10(15)16)9-12-6-3-1-2-4-7(6)18-9/h1-4,17H,5H2,(H,13,14)(H,15,16). The summed E-state index contributed by atoms with van der Waals surface area (Å²) < 4.78 is -0.993. The third-order valence-electron chi connectivity index (χ3n) is 2.41. The Balaban J connectivity index is 2.54. The van der Waals surface area contributed by atoms with Crippen LogP contribution in [0.4, 0.5) is 0 Å². The fourth-order valence-corrected chi connectivity index (χ4v) is 2.88. The largest absolute Gasteiger partial charge is 0.481 e. The Kier molecular flexibility index (Phi) is 3.27. The highest BCUT2D eigenvalue weighted by atomic mass is 32.1. The molecule has 1 heterocycles. The molecule has 0 bridgehead atoms. The lowest BCUT2D eigenvalue weighted by atomic mass is 10.1. The van der Waals surface area contributed by atoms with Gasteiger partial charge in [-0.25, -0.2) is 4.98 Å². The summed E-state index contributed by atoms with van der Waals surface area (Å²) >= 11 is 5.16. The smallest absolute Gasteiger partial charge is 0.327 e. The van der Waals surface area contributed by atoms with E-state index in [2.05, 4.69) is 17.6 Å². The van der Waals surface area contributed by atoms with E-state index < -0.39 is 23.1 Å². The van der Waals surface area contributed by atoms with Crippen LogP contribution in [0.3, 0.4) is 0 Å². The molecule has 0 aliphatic carbocycles. The predicted molar refractivity (Wildman–Crippen MR) is 70.2 cm³/mol. The molecule has 0 radical (unpaired) electrons. The van der Waals surface area contributed by atoms with Crippen LogP contribution >= 0.6 is 24.0 Å². The molecule has 1 aromatic heterocycles. The van der Waals surface area contributed by atoms with Gasteiger partial charge in [0.15, 0.2) is 4.75 Å². The van der Waals surface area contributed by atoms with Gasteiger partial charge in [-0.1, -0.05) is 12.1 Å². The number of carboxylic acids is 2. The molecule has 0 aliphatic heterocycles. The van der Waals surface area contributed by atoms with Crippen LogP contribution in [0, 0.1) is 0 Å². The average molecular weight is 283 g/mol. The normalized spacial score (nSPS) is 14.3. The third-order valence-corrected chi connectivity index (χ3v) is 4.32. The average Bonchev–Trinajstić information content (AvgIpc) is 2.71. The van der Waals surface area contributed by atoms with Crippen molar-refractivity contribution in [3.8, 4) is 0 Å². The van der Waals surface area contributed by atoms with Crippen molar-refractivity contribution in [2.45, 2.75) is 11.2 Å². The Hall–Kier alpha value is -1.60. The van der Waals surface area contributed by atoms with Crippen molar-refractivity contribution in [1.82, 2.24) is 4.98 Å². The van der Waals surface area contributed by atoms with Gasteiger partial charge in [0.05, 0.1) is 16.6 Å². The zero-order valence-electron chi connectivity index (χ0n) is 9.03. The maximum Gasteiger partial charge on any atom is 0.327 e. The molecule has 5 nitrogen and oxygen atoms in total. The first kappa shape index (κ1) is 12.8. The van der Waals surface area contributed by atoms with Gasteiger partial charge < -0.3 is 10.2 Å². The molecule has 2 N–H and O–H groups in total. The molecule has 1 aromatic carbocycles. The maximum atomic E-state index is 11.3. The zero-order valence-corrected chi connectivity index (χ0v) is 10.7. The first-order valence-electron chi connectivity index (χ1n) is 4.97. The number of hydrogen-bond acceptors (Lipinski definition) is 5. The van der Waals surface area contributed by atoms with E-state index in [0.29, 0.717) is 5.52 Å². The van der Waals surface area contributed by atoms with Gasteiger partial charge in [-0.15, -0.1) is 11.3 Å². The highest BCUT2D eigenvalue weighted by molar-refractivity contribution is 7.82. The third kappa shape index (κ3) is 2.19. The zero-order chi connectivity index (χ0) is 13.3. The van der Waals surface area contributed by atoms with Crippen molar-refractivity contribution in [3.05, 3.63) is 29.3 Å². The van der Waals surface area contributed by atoms with Gasteiger partial charge >= 0.3 is 11.9 Å². The van der Waals surface area contributed by atoms with Gasteiger partial charge in [0.2, 0.25) is 0 Å². The number of hydrogen-bond donors (Lipinski definition) is 3. The molecule has 0 aliphatic rings. The van der Waals surface area contributed by atoms with Gasteiger partial charge in [-0.05, 0) is 12.1 Å². The monoisotopic (exact) mass is 283 g/mol. The summed E-state index contributed by atoms with van der Waals surface area (Å²) in [5.41, 5.74) is 0.641. The minimum atomic E-state index is -1.80. The summed E-state index contributed by atoms with van der Waals surface area (Å²) in [6.07, 6.45) is -0.620. The van der Waals surface area contributed by atoms with Crippen LogP contribution in [0.15, 0.2) is 24.3 Å². The van der Waals surface area contributed by atoms with Crippen molar-refractivity contribution in [1.29, 1.82) is 0 Å². The number of carbonyl (C=O) groups is 2. The van der Waals surface area contributed by atoms with E-state index in [1.807, 2.05) is 6.07 Å². The van der Waals surface area contributed by atoms with Crippen molar-refractivity contribution in [3.63, 3.8) is 0 Å². The Morgan fingerprint density at radius 2 is 2.00 bits per heavy atom. The summed E-state index contributed by atoms with van der Waals surface area (Å²) in [6, 6.07) is 7.13. The van der Waals surface area contributed by atoms with E-state index in [4.69, 9.17) is 5.11 Å². The lowest BCUT2D eigenvalue weighted by Crippen LogP contribution is -2.32. The number of para-hydroxylation sites is 1. The molecule has 94 valence electrons. The van der Waals surface area contributed by atoms with Crippen LogP contribution < -0.4 is 0 Å². The number of aromatic nitrogens is 1. The SMILES string of the molecule is O=C(O)CC(S)(C(=O)O)c1nc2ccccc2s1. The molecular formula is C11H9NO4S2. The van der Waals surface area contributed by atoms with Crippen LogP contribution in [0.5, 0.6) is 0 Å². The predicted octanol–water partition coefficient (Wildman–Crippen LogP) is 1.98. The Morgan fingerprint density at radius 3 is 2.56 bits per heavy atom. The first-order valence-corrected chi connectivity index (χ1v) is 6.23. The van der Waals surface area contributed by atoms with Gasteiger partial charge in [0.1, 0.15) is 5.01 Å². The highest BCUT2D eigenvalue weighted by Gasteiger charge is 2.42. The molecule has 1 atom stereocenters. The summed E-state index contributed by atoms with van der Waals surface area (Å²) in [5.74, 6) is -2.54. The fraction of sp³-hybridized carbons (Fsp3) is 0.182. The minimum absolute atomic E-state index is 0.182. The van der Waals surface area contributed by atoms with Crippen LogP contribution in [0.2, 0.25) is 0 Å². The molecule has 0 amide bonds.